The molecular weight excluding hydrogens is 259 g/mol. The number of rotatable bonds is 2. The van der Waals surface area contributed by atoms with Crippen molar-refractivity contribution in [3.8, 4) is 11.3 Å². The minimum atomic E-state index is -0.319. The van der Waals surface area contributed by atoms with Crippen molar-refractivity contribution in [2.75, 3.05) is 0 Å². The van der Waals surface area contributed by atoms with Crippen molar-refractivity contribution < 1.29 is 4.39 Å². The number of alkyl halides is 1. The van der Waals surface area contributed by atoms with E-state index in [4.69, 9.17) is 0 Å². The largest absolute Gasteiger partial charge is 0.264 e. The van der Waals surface area contributed by atoms with Crippen LogP contribution in [0, 0.1) is 5.82 Å². The Morgan fingerprint density at radius 3 is 2.80 bits per heavy atom. The molecule has 2 rings (SSSR count). The first-order valence-electron chi connectivity index (χ1n) is 4.42. The molecule has 2 aromatic rings. The maximum atomic E-state index is 13.6. The standard InChI is InChI=1S/C11H8BrFN2/c12-5-8-4-10(13)11(15-6-8)9-2-1-3-14-7-9/h1-4,6-7H,5H2. The highest BCUT2D eigenvalue weighted by Crippen LogP contribution is 2.20. The third-order valence-electron chi connectivity index (χ3n) is 1.99. The minimum Gasteiger partial charge on any atom is -0.264 e. The van der Waals surface area contributed by atoms with E-state index in [1.165, 1.54) is 6.07 Å². The molecule has 0 amide bonds. The van der Waals surface area contributed by atoms with Gasteiger partial charge in [0.25, 0.3) is 0 Å². The van der Waals surface area contributed by atoms with Crippen LogP contribution in [0.3, 0.4) is 0 Å². The van der Waals surface area contributed by atoms with Crippen LogP contribution in [0.2, 0.25) is 0 Å². The molecule has 76 valence electrons. The minimum absolute atomic E-state index is 0.319. The lowest BCUT2D eigenvalue weighted by atomic mass is 10.1. The summed E-state index contributed by atoms with van der Waals surface area (Å²) in [5.41, 5.74) is 1.85. The molecule has 0 radical (unpaired) electrons. The highest BCUT2D eigenvalue weighted by Gasteiger charge is 2.07. The average Bonchev–Trinajstić information content (AvgIpc) is 2.30. The Bertz CT molecular complexity index is 459. The number of hydrogen-bond donors (Lipinski definition) is 0. The topological polar surface area (TPSA) is 25.8 Å². The molecule has 4 heteroatoms. The van der Waals surface area contributed by atoms with Crippen molar-refractivity contribution >= 4 is 15.9 Å². The van der Waals surface area contributed by atoms with E-state index in [1.807, 2.05) is 0 Å². The smallest absolute Gasteiger partial charge is 0.149 e. The van der Waals surface area contributed by atoms with Crippen molar-refractivity contribution in [3.05, 3.63) is 48.2 Å². The van der Waals surface area contributed by atoms with E-state index >= 15 is 0 Å². The second-order valence-electron chi connectivity index (χ2n) is 3.05. The SMILES string of the molecule is Fc1cc(CBr)cnc1-c1cccnc1. The zero-order chi connectivity index (χ0) is 10.7. The van der Waals surface area contributed by atoms with Crippen molar-refractivity contribution in [2.45, 2.75) is 5.33 Å². The first kappa shape index (κ1) is 10.2. The molecule has 2 heterocycles. The molecule has 0 spiro atoms. The zero-order valence-corrected chi connectivity index (χ0v) is 9.41. The van der Waals surface area contributed by atoms with Gasteiger partial charge in [-0.2, -0.15) is 0 Å². The Kier molecular flexibility index (Phi) is 3.06. The van der Waals surface area contributed by atoms with Gasteiger partial charge in [-0.3, -0.25) is 9.97 Å². The molecule has 0 saturated carbocycles. The molecular formula is C11H8BrFN2. The van der Waals surface area contributed by atoms with Crippen LogP contribution in [0.1, 0.15) is 5.56 Å². The molecule has 0 saturated heterocycles. The molecule has 15 heavy (non-hydrogen) atoms. The van der Waals surface area contributed by atoms with Crippen LogP contribution < -0.4 is 0 Å². The Hall–Kier alpha value is -1.29. The molecule has 0 N–H and O–H groups in total. The van der Waals surface area contributed by atoms with Crippen LogP contribution in [0.5, 0.6) is 0 Å². The summed E-state index contributed by atoms with van der Waals surface area (Å²) in [5, 5.41) is 0.601. The van der Waals surface area contributed by atoms with E-state index in [2.05, 4.69) is 25.9 Å². The fourth-order valence-electron chi connectivity index (χ4n) is 1.27. The van der Waals surface area contributed by atoms with Gasteiger partial charge in [0.2, 0.25) is 0 Å². The summed E-state index contributed by atoms with van der Waals surface area (Å²) in [5.74, 6) is -0.319. The molecule has 0 bridgehead atoms. The maximum absolute atomic E-state index is 13.6. The number of hydrogen-bond acceptors (Lipinski definition) is 2. The van der Waals surface area contributed by atoms with Crippen LogP contribution in [-0.4, -0.2) is 9.97 Å². The van der Waals surface area contributed by atoms with Gasteiger partial charge in [0.15, 0.2) is 0 Å². The zero-order valence-electron chi connectivity index (χ0n) is 7.82. The van der Waals surface area contributed by atoms with Crippen molar-refractivity contribution in [2.24, 2.45) is 0 Å². The van der Waals surface area contributed by atoms with Crippen LogP contribution in [0.15, 0.2) is 36.8 Å². The maximum Gasteiger partial charge on any atom is 0.149 e. The van der Waals surface area contributed by atoms with Crippen molar-refractivity contribution in [1.29, 1.82) is 0 Å². The Balaban J connectivity index is 2.46. The lowest BCUT2D eigenvalue weighted by molar-refractivity contribution is 0.624. The first-order chi connectivity index (χ1) is 7.31. The number of pyridine rings is 2. The van der Waals surface area contributed by atoms with Crippen LogP contribution in [0.25, 0.3) is 11.3 Å². The fraction of sp³-hybridized carbons (Fsp3) is 0.0909. The molecule has 0 aliphatic heterocycles. The lowest BCUT2D eigenvalue weighted by Gasteiger charge is -2.02. The summed E-state index contributed by atoms with van der Waals surface area (Å²) in [6.07, 6.45) is 4.90. The second-order valence-corrected chi connectivity index (χ2v) is 3.61. The second kappa shape index (κ2) is 4.49. The van der Waals surface area contributed by atoms with Crippen LogP contribution >= 0.6 is 15.9 Å². The molecule has 0 aromatic carbocycles. The number of nitrogens with zero attached hydrogens (tertiary/aromatic N) is 2. The molecule has 0 atom stereocenters. The van der Waals surface area contributed by atoms with Gasteiger partial charge in [0, 0.05) is 29.5 Å². The van der Waals surface area contributed by atoms with Gasteiger partial charge in [-0.15, -0.1) is 0 Å². The Labute approximate surface area is 95.3 Å². The Morgan fingerprint density at radius 1 is 1.33 bits per heavy atom. The van der Waals surface area contributed by atoms with Crippen molar-refractivity contribution in [3.63, 3.8) is 0 Å². The van der Waals surface area contributed by atoms with E-state index in [9.17, 15) is 4.39 Å². The van der Waals surface area contributed by atoms with E-state index in [0.29, 0.717) is 16.6 Å². The molecule has 0 aliphatic rings. The normalized spacial score (nSPS) is 10.3. The Morgan fingerprint density at radius 2 is 2.20 bits per heavy atom. The van der Waals surface area contributed by atoms with Crippen LogP contribution in [-0.2, 0) is 5.33 Å². The highest BCUT2D eigenvalue weighted by atomic mass is 79.9. The average molecular weight is 267 g/mol. The van der Waals surface area contributed by atoms with Crippen LogP contribution in [0.4, 0.5) is 4.39 Å². The van der Waals surface area contributed by atoms with Gasteiger partial charge < -0.3 is 0 Å². The summed E-state index contributed by atoms with van der Waals surface area (Å²) in [7, 11) is 0. The van der Waals surface area contributed by atoms with Gasteiger partial charge in [-0.05, 0) is 23.8 Å². The number of halogens is 2. The van der Waals surface area contributed by atoms with Gasteiger partial charge in [0.1, 0.15) is 11.5 Å². The van der Waals surface area contributed by atoms with Gasteiger partial charge in [-0.1, -0.05) is 15.9 Å². The van der Waals surface area contributed by atoms with E-state index in [0.717, 1.165) is 5.56 Å². The summed E-state index contributed by atoms with van der Waals surface area (Å²) in [6, 6.07) is 5.02. The third kappa shape index (κ3) is 2.21. The quantitative estimate of drug-likeness (QED) is 0.781. The van der Waals surface area contributed by atoms with Gasteiger partial charge in [-0.25, -0.2) is 4.39 Å². The summed E-state index contributed by atoms with van der Waals surface area (Å²) in [6.45, 7) is 0. The highest BCUT2D eigenvalue weighted by molar-refractivity contribution is 9.08. The predicted octanol–water partition coefficient (Wildman–Crippen LogP) is 3.18. The lowest BCUT2D eigenvalue weighted by Crippen LogP contribution is -1.92. The van der Waals surface area contributed by atoms with E-state index in [1.54, 1.807) is 30.7 Å². The molecule has 2 nitrogen and oxygen atoms in total. The summed E-state index contributed by atoms with van der Waals surface area (Å²) in [4.78, 5) is 8.00. The summed E-state index contributed by atoms with van der Waals surface area (Å²) < 4.78 is 13.6. The van der Waals surface area contributed by atoms with E-state index < -0.39 is 0 Å². The summed E-state index contributed by atoms with van der Waals surface area (Å²) >= 11 is 3.25. The third-order valence-corrected chi connectivity index (χ3v) is 2.63. The molecule has 0 unspecified atom stereocenters. The fourth-order valence-corrected chi connectivity index (χ4v) is 1.57. The monoisotopic (exact) mass is 266 g/mol. The predicted molar refractivity (Wildman–Crippen MR) is 60.1 cm³/mol. The van der Waals surface area contributed by atoms with E-state index in [-0.39, 0.29) is 5.82 Å². The molecule has 0 aliphatic carbocycles. The number of aromatic nitrogens is 2. The first-order valence-corrected chi connectivity index (χ1v) is 5.54. The molecule has 2 aromatic heterocycles. The molecule has 0 fully saturated rings. The van der Waals surface area contributed by atoms with Gasteiger partial charge in [0.05, 0.1) is 0 Å². The van der Waals surface area contributed by atoms with Gasteiger partial charge >= 0.3 is 0 Å². The van der Waals surface area contributed by atoms with Crippen molar-refractivity contribution in [1.82, 2.24) is 9.97 Å².